The molecule has 1 aromatic rings. The Labute approximate surface area is 118 Å². The van der Waals surface area contributed by atoms with E-state index in [-0.39, 0.29) is 0 Å². The van der Waals surface area contributed by atoms with Crippen LogP contribution >= 0.6 is 0 Å². The first kappa shape index (κ1) is 16.3. The molecule has 0 spiro atoms. The van der Waals surface area contributed by atoms with Gasteiger partial charge in [0.05, 0.1) is 5.60 Å². The van der Waals surface area contributed by atoms with E-state index in [1.54, 1.807) is 0 Å². The lowest BCUT2D eigenvalue weighted by Gasteiger charge is -2.18. The van der Waals surface area contributed by atoms with E-state index in [0.717, 1.165) is 19.5 Å². The van der Waals surface area contributed by atoms with Crippen molar-refractivity contribution in [3.63, 3.8) is 0 Å². The van der Waals surface area contributed by atoms with E-state index in [1.165, 1.54) is 24.8 Å². The summed E-state index contributed by atoms with van der Waals surface area (Å²) < 4.78 is 2.18. The Morgan fingerprint density at radius 2 is 2.05 bits per heavy atom. The number of nitrogens with one attached hydrogen (secondary N) is 1. The van der Waals surface area contributed by atoms with Gasteiger partial charge < -0.3 is 15.0 Å². The third kappa shape index (κ3) is 6.26. The second kappa shape index (κ2) is 7.71. The maximum absolute atomic E-state index is 9.77. The van der Waals surface area contributed by atoms with Crippen LogP contribution in [-0.2, 0) is 6.54 Å². The Kier molecular flexibility index (Phi) is 6.59. The summed E-state index contributed by atoms with van der Waals surface area (Å²) in [5, 5.41) is 13.4. The minimum atomic E-state index is -0.590. The van der Waals surface area contributed by atoms with Crippen LogP contribution in [0.3, 0.4) is 0 Å². The predicted octanol–water partition coefficient (Wildman–Crippen LogP) is 3.49. The molecule has 0 amide bonds. The molecule has 19 heavy (non-hydrogen) atoms. The van der Waals surface area contributed by atoms with Gasteiger partial charge in [-0.1, -0.05) is 20.3 Å². The molecule has 0 saturated heterocycles. The number of aryl methyl sites for hydroxylation is 1. The van der Waals surface area contributed by atoms with Crippen molar-refractivity contribution >= 4 is 0 Å². The molecule has 0 aromatic carbocycles. The van der Waals surface area contributed by atoms with Gasteiger partial charge >= 0.3 is 0 Å². The molecule has 0 bridgehead atoms. The second-order valence-electron chi connectivity index (χ2n) is 6.04. The number of nitrogens with zero attached hydrogens (tertiary/aromatic N) is 1. The Balaban J connectivity index is 2.59. The summed E-state index contributed by atoms with van der Waals surface area (Å²) in [5.41, 5.74) is 0.777. The van der Waals surface area contributed by atoms with Gasteiger partial charge in [-0.15, -0.1) is 0 Å². The molecule has 0 radical (unpaired) electrons. The number of aliphatic hydroxyl groups is 1. The van der Waals surface area contributed by atoms with Crippen molar-refractivity contribution in [2.75, 3.05) is 6.54 Å². The highest BCUT2D eigenvalue weighted by Gasteiger charge is 2.14. The van der Waals surface area contributed by atoms with Gasteiger partial charge in [0.2, 0.25) is 0 Å². The molecular weight excluding hydrogens is 236 g/mol. The third-order valence-corrected chi connectivity index (χ3v) is 3.38. The lowest BCUT2D eigenvalue weighted by molar-refractivity contribution is 0.0662. The molecule has 1 unspecified atom stereocenters. The standard InChI is InChI=1S/C16H30N2O/c1-5-7-15(17-10-6-2)14-8-11-18(13-14)12-9-16(3,4)19/h8,11,13,15,17,19H,5-7,9-10,12H2,1-4H3. The maximum atomic E-state index is 9.77. The highest BCUT2D eigenvalue weighted by atomic mass is 16.3. The molecule has 1 aromatic heterocycles. The summed E-state index contributed by atoms with van der Waals surface area (Å²) in [6.45, 7) is 10.1. The Morgan fingerprint density at radius 3 is 2.63 bits per heavy atom. The van der Waals surface area contributed by atoms with E-state index in [9.17, 15) is 5.11 Å². The van der Waals surface area contributed by atoms with Crippen LogP contribution in [0.1, 0.15) is 65.0 Å². The number of hydrogen-bond acceptors (Lipinski definition) is 2. The first-order valence-corrected chi connectivity index (χ1v) is 7.57. The largest absolute Gasteiger partial charge is 0.390 e. The molecule has 0 aliphatic rings. The summed E-state index contributed by atoms with van der Waals surface area (Å²) >= 11 is 0. The van der Waals surface area contributed by atoms with Gasteiger partial charge in [-0.3, -0.25) is 0 Å². The molecule has 3 heteroatoms. The van der Waals surface area contributed by atoms with Crippen molar-refractivity contribution in [3.05, 3.63) is 24.0 Å². The van der Waals surface area contributed by atoms with Crippen LogP contribution in [0, 0.1) is 0 Å². The zero-order chi connectivity index (χ0) is 14.3. The molecule has 0 saturated carbocycles. The third-order valence-electron chi connectivity index (χ3n) is 3.38. The zero-order valence-electron chi connectivity index (χ0n) is 12.9. The molecule has 1 rings (SSSR count). The fourth-order valence-electron chi connectivity index (χ4n) is 2.20. The zero-order valence-corrected chi connectivity index (χ0v) is 12.9. The normalized spacial score (nSPS) is 13.7. The summed E-state index contributed by atoms with van der Waals surface area (Å²) in [4.78, 5) is 0. The smallest absolute Gasteiger partial charge is 0.0608 e. The van der Waals surface area contributed by atoms with Crippen LogP contribution < -0.4 is 5.32 Å². The minimum absolute atomic E-state index is 0.466. The molecule has 0 aliphatic heterocycles. The molecule has 1 heterocycles. The van der Waals surface area contributed by atoms with Crippen LogP contribution in [0.4, 0.5) is 0 Å². The highest BCUT2D eigenvalue weighted by Crippen LogP contribution is 2.19. The highest BCUT2D eigenvalue weighted by molar-refractivity contribution is 5.15. The SMILES string of the molecule is CCCNC(CCC)c1ccn(CCC(C)(C)O)c1. The Bertz CT molecular complexity index is 352. The average molecular weight is 266 g/mol. The summed E-state index contributed by atoms with van der Waals surface area (Å²) in [7, 11) is 0. The average Bonchev–Trinajstić information content (AvgIpc) is 2.80. The Hall–Kier alpha value is -0.800. The van der Waals surface area contributed by atoms with E-state index in [0.29, 0.717) is 6.04 Å². The van der Waals surface area contributed by atoms with Gasteiger partial charge in [0, 0.05) is 25.0 Å². The van der Waals surface area contributed by atoms with Gasteiger partial charge in [0.1, 0.15) is 0 Å². The van der Waals surface area contributed by atoms with Crippen molar-refractivity contribution < 1.29 is 5.11 Å². The molecule has 0 fully saturated rings. The molecule has 2 N–H and O–H groups in total. The van der Waals surface area contributed by atoms with Crippen molar-refractivity contribution in [2.24, 2.45) is 0 Å². The van der Waals surface area contributed by atoms with Gasteiger partial charge in [0.15, 0.2) is 0 Å². The molecule has 1 atom stereocenters. The van der Waals surface area contributed by atoms with Gasteiger partial charge in [-0.25, -0.2) is 0 Å². The summed E-state index contributed by atoms with van der Waals surface area (Å²) in [6, 6.07) is 2.67. The van der Waals surface area contributed by atoms with Crippen molar-refractivity contribution in [1.29, 1.82) is 0 Å². The fraction of sp³-hybridized carbons (Fsp3) is 0.750. The van der Waals surface area contributed by atoms with Gasteiger partial charge in [-0.2, -0.15) is 0 Å². The van der Waals surface area contributed by atoms with E-state index < -0.39 is 5.60 Å². The van der Waals surface area contributed by atoms with Crippen LogP contribution in [0.2, 0.25) is 0 Å². The number of rotatable bonds is 9. The fourth-order valence-corrected chi connectivity index (χ4v) is 2.20. The topological polar surface area (TPSA) is 37.2 Å². The monoisotopic (exact) mass is 266 g/mol. The number of hydrogen-bond donors (Lipinski definition) is 2. The molecule has 110 valence electrons. The van der Waals surface area contributed by atoms with Crippen LogP contribution in [0.5, 0.6) is 0 Å². The first-order valence-electron chi connectivity index (χ1n) is 7.57. The quantitative estimate of drug-likeness (QED) is 0.718. The maximum Gasteiger partial charge on any atom is 0.0608 e. The van der Waals surface area contributed by atoms with Crippen molar-refractivity contribution in [3.8, 4) is 0 Å². The first-order chi connectivity index (χ1) is 8.96. The van der Waals surface area contributed by atoms with Crippen molar-refractivity contribution in [1.82, 2.24) is 9.88 Å². The van der Waals surface area contributed by atoms with E-state index in [2.05, 4.69) is 42.2 Å². The summed E-state index contributed by atoms with van der Waals surface area (Å²) in [6.07, 6.45) is 8.65. The predicted molar refractivity (Wildman–Crippen MR) is 81.3 cm³/mol. The van der Waals surface area contributed by atoms with E-state index >= 15 is 0 Å². The molecular formula is C16H30N2O. The summed E-state index contributed by atoms with van der Waals surface area (Å²) in [5.74, 6) is 0. The molecule has 0 aliphatic carbocycles. The van der Waals surface area contributed by atoms with Crippen LogP contribution in [0.15, 0.2) is 18.5 Å². The van der Waals surface area contributed by atoms with Gasteiger partial charge in [0.25, 0.3) is 0 Å². The van der Waals surface area contributed by atoms with Crippen LogP contribution in [0.25, 0.3) is 0 Å². The Morgan fingerprint density at radius 1 is 1.32 bits per heavy atom. The molecule has 3 nitrogen and oxygen atoms in total. The van der Waals surface area contributed by atoms with E-state index in [4.69, 9.17) is 0 Å². The number of aromatic nitrogens is 1. The van der Waals surface area contributed by atoms with Crippen LogP contribution in [-0.4, -0.2) is 21.8 Å². The van der Waals surface area contributed by atoms with E-state index in [1.807, 2.05) is 13.8 Å². The lowest BCUT2D eigenvalue weighted by Crippen LogP contribution is -2.22. The second-order valence-corrected chi connectivity index (χ2v) is 6.04. The lowest BCUT2D eigenvalue weighted by atomic mass is 10.1. The van der Waals surface area contributed by atoms with Gasteiger partial charge in [-0.05, 0) is 51.3 Å². The van der Waals surface area contributed by atoms with Crippen molar-refractivity contribution in [2.45, 2.75) is 71.6 Å². The minimum Gasteiger partial charge on any atom is -0.390 e.